The van der Waals surface area contributed by atoms with Crippen LogP contribution in [0, 0.1) is 6.92 Å². The molecule has 1 aromatic carbocycles. The summed E-state index contributed by atoms with van der Waals surface area (Å²) in [6, 6.07) is 8.40. The van der Waals surface area contributed by atoms with Crippen LogP contribution in [0.5, 0.6) is 0 Å². The Labute approximate surface area is 107 Å². The van der Waals surface area contributed by atoms with Crippen molar-refractivity contribution in [2.45, 2.75) is 26.8 Å². The molecule has 2 rings (SSSR count). The molecule has 0 saturated heterocycles. The lowest BCUT2D eigenvalue weighted by Gasteiger charge is -2.18. The van der Waals surface area contributed by atoms with Gasteiger partial charge in [0.25, 0.3) is 0 Å². The molecule has 96 valence electrons. The third kappa shape index (κ3) is 2.51. The monoisotopic (exact) mass is 246 g/mol. The van der Waals surface area contributed by atoms with Crippen molar-refractivity contribution in [3.8, 4) is 0 Å². The van der Waals surface area contributed by atoms with E-state index in [-0.39, 0.29) is 6.04 Å². The second-order valence-corrected chi connectivity index (χ2v) is 4.29. The molecule has 5 nitrogen and oxygen atoms in total. The zero-order valence-electron chi connectivity index (χ0n) is 10.9. The molecule has 0 aliphatic carbocycles. The third-order valence-electron chi connectivity index (χ3n) is 2.68. The van der Waals surface area contributed by atoms with E-state index in [0.29, 0.717) is 11.9 Å². The van der Waals surface area contributed by atoms with Gasteiger partial charge in [-0.1, -0.05) is 17.2 Å². The molecule has 1 heterocycles. The predicted molar refractivity (Wildman–Crippen MR) is 70.8 cm³/mol. The van der Waals surface area contributed by atoms with Crippen molar-refractivity contribution in [1.29, 1.82) is 0 Å². The number of aromatic nitrogens is 2. The molecule has 0 aliphatic heterocycles. The number of hydrogen-bond acceptors (Lipinski definition) is 5. The molecule has 18 heavy (non-hydrogen) atoms. The maximum Gasteiger partial charge on any atom is 0.322 e. The van der Waals surface area contributed by atoms with Crippen LogP contribution in [-0.4, -0.2) is 16.7 Å². The maximum atomic E-state index is 5.72. The SMILES string of the molecule is CCN(c1cccc(C)c1)c1nnc(C(C)N)o1. The van der Waals surface area contributed by atoms with Crippen LogP contribution in [0.4, 0.5) is 11.7 Å². The minimum Gasteiger partial charge on any atom is -0.406 e. The van der Waals surface area contributed by atoms with E-state index in [1.807, 2.05) is 30.9 Å². The van der Waals surface area contributed by atoms with Crippen LogP contribution < -0.4 is 10.6 Å². The summed E-state index contributed by atoms with van der Waals surface area (Å²) in [6.45, 7) is 6.67. The molecule has 0 spiro atoms. The van der Waals surface area contributed by atoms with E-state index in [2.05, 4.69) is 29.3 Å². The van der Waals surface area contributed by atoms with Gasteiger partial charge in [-0.15, -0.1) is 5.10 Å². The third-order valence-corrected chi connectivity index (χ3v) is 2.68. The van der Waals surface area contributed by atoms with E-state index < -0.39 is 0 Å². The minimum atomic E-state index is -0.248. The molecule has 0 amide bonds. The second-order valence-electron chi connectivity index (χ2n) is 4.29. The predicted octanol–water partition coefficient (Wildman–Crippen LogP) is 2.56. The fourth-order valence-corrected chi connectivity index (χ4v) is 1.74. The van der Waals surface area contributed by atoms with Crippen LogP contribution in [0.1, 0.15) is 31.3 Å². The van der Waals surface area contributed by atoms with Gasteiger partial charge in [0.2, 0.25) is 5.89 Å². The average molecular weight is 246 g/mol. The molecule has 0 radical (unpaired) electrons. The summed E-state index contributed by atoms with van der Waals surface area (Å²) < 4.78 is 5.57. The Balaban J connectivity index is 2.33. The summed E-state index contributed by atoms with van der Waals surface area (Å²) in [7, 11) is 0. The quantitative estimate of drug-likeness (QED) is 0.897. The van der Waals surface area contributed by atoms with Crippen molar-refractivity contribution >= 4 is 11.7 Å². The van der Waals surface area contributed by atoms with E-state index in [0.717, 1.165) is 12.2 Å². The molecule has 0 aliphatic rings. The Hall–Kier alpha value is -1.88. The van der Waals surface area contributed by atoms with E-state index in [4.69, 9.17) is 10.2 Å². The summed E-state index contributed by atoms with van der Waals surface area (Å²) in [5, 5.41) is 7.99. The number of aryl methyl sites for hydroxylation is 1. The Morgan fingerprint density at radius 1 is 1.39 bits per heavy atom. The lowest BCUT2D eigenvalue weighted by molar-refractivity contribution is 0.465. The minimum absolute atomic E-state index is 0.248. The van der Waals surface area contributed by atoms with Crippen LogP contribution in [0.2, 0.25) is 0 Å². The van der Waals surface area contributed by atoms with Crippen LogP contribution >= 0.6 is 0 Å². The van der Waals surface area contributed by atoms with E-state index in [9.17, 15) is 0 Å². The van der Waals surface area contributed by atoms with Gasteiger partial charge in [0.1, 0.15) is 0 Å². The number of nitrogens with two attached hydrogens (primary N) is 1. The van der Waals surface area contributed by atoms with Gasteiger partial charge in [-0.25, -0.2) is 0 Å². The summed E-state index contributed by atoms with van der Waals surface area (Å²) >= 11 is 0. The van der Waals surface area contributed by atoms with Crippen molar-refractivity contribution in [3.63, 3.8) is 0 Å². The Kier molecular flexibility index (Phi) is 3.62. The van der Waals surface area contributed by atoms with Gasteiger partial charge in [0.15, 0.2) is 0 Å². The number of anilines is 2. The topological polar surface area (TPSA) is 68.2 Å². The highest BCUT2D eigenvalue weighted by molar-refractivity contribution is 5.56. The van der Waals surface area contributed by atoms with Gasteiger partial charge in [-0.3, -0.25) is 4.90 Å². The van der Waals surface area contributed by atoms with Gasteiger partial charge in [0.05, 0.1) is 6.04 Å². The van der Waals surface area contributed by atoms with Crippen LogP contribution in [0.3, 0.4) is 0 Å². The highest BCUT2D eigenvalue weighted by atomic mass is 16.4. The highest BCUT2D eigenvalue weighted by Gasteiger charge is 2.16. The first-order chi connectivity index (χ1) is 8.61. The lowest BCUT2D eigenvalue weighted by Crippen LogP contribution is -2.16. The number of benzene rings is 1. The van der Waals surface area contributed by atoms with E-state index in [1.165, 1.54) is 5.56 Å². The zero-order chi connectivity index (χ0) is 13.1. The first-order valence-electron chi connectivity index (χ1n) is 6.05. The van der Waals surface area contributed by atoms with Gasteiger partial charge >= 0.3 is 6.01 Å². The smallest absolute Gasteiger partial charge is 0.322 e. The van der Waals surface area contributed by atoms with E-state index in [1.54, 1.807) is 0 Å². The lowest BCUT2D eigenvalue weighted by atomic mass is 10.2. The van der Waals surface area contributed by atoms with Crippen molar-refractivity contribution in [1.82, 2.24) is 10.2 Å². The first-order valence-corrected chi connectivity index (χ1v) is 6.05. The zero-order valence-corrected chi connectivity index (χ0v) is 10.9. The summed E-state index contributed by atoms with van der Waals surface area (Å²) in [5.41, 5.74) is 7.95. The Bertz CT molecular complexity index is 521. The molecule has 5 heteroatoms. The molecule has 2 aromatic rings. The molecule has 2 N–H and O–H groups in total. The summed E-state index contributed by atoms with van der Waals surface area (Å²) in [6.07, 6.45) is 0. The summed E-state index contributed by atoms with van der Waals surface area (Å²) in [5.74, 6) is 0.455. The molecule has 0 saturated carbocycles. The van der Waals surface area contributed by atoms with Crippen molar-refractivity contribution in [3.05, 3.63) is 35.7 Å². The largest absolute Gasteiger partial charge is 0.406 e. The van der Waals surface area contributed by atoms with Gasteiger partial charge in [-0.05, 0) is 38.5 Å². The van der Waals surface area contributed by atoms with E-state index >= 15 is 0 Å². The molecule has 1 unspecified atom stereocenters. The number of nitrogens with zero attached hydrogens (tertiary/aromatic N) is 3. The molecular weight excluding hydrogens is 228 g/mol. The van der Waals surface area contributed by atoms with Crippen LogP contribution in [0.25, 0.3) is 0 Å². The Morgan fingerprint density at radius 3 is 2.72 bits per heavy atom. The van der Waals surface area contributed by atoms with Crippen LogP contribution in [0.15, 0.2) is 28.7 Å². The standard InChI is InChI=1S/C13H18N4O/c1-4-17(11-7-5-6-9(2)8-11)13-16-15-12(18-13)10(3)14/h5-8,10H,4,14H2,1-3H3. The fraction of sp³-hybridized carbons (Fsp3) is 0.385. The first kappa shape index (κ1) is 12.6. The van der Waals surface area contributed by atoms with Crippen molar-refractivity contribution in [2.24, 2.45) is 5.73 Å². The highest BCUT2D eigenvalue weighted by Crippen LogP contribution is 2.25. The normalized spacial score (nSPS) is 12.4. The molecule has 1 aromatic heterocycles. The molecule has 0 bridgehead atoms. The second kappa shape index (κ2) is 5.18. The van der Waals surface area contributed by atoms with Gasteiger partial charge in [-0.2, -0.15) is 0 Å². The van der Waals surface area contributed by atoms with Gasteiger partial charge < -0.3 is 10.2 Å². The van der Waals surface area contributed by atoms with Crippen molar-refractivity contribution < 1.29 is 4.42 Å². The number of rotatable bonds is 4. The molecule has 1 atom stereocenters. The average Bonchev–Trinajstić information content (AvgIpc) is 2.80. The maximum absolute atomic E-state index is 5.72. The van der Waals surface area contributed by atoms with Crippen LogP contribution in [-0.2, 0) is 0 Å². The summed E-state index contributed by atoms with van der Waals surface area (Å²) in [4.78, 5) is 1.96. The fourth-order valence-electron chi connectivity index (χ4n) is 1.74. The van der Waals surface area contributed by atoms with Crippen molar-refractivity contribution in [2.75, 3.05) is 11.4 Å². The number of hydrogen-bond donors (Lipinski definition) is 1. The molecular formula is C13H18N4O. The van der Waals surface area contributed by atoms with Gasteiger partial charge in [0, 0.05) is 12.2 Å². The Morgan fingerprint density at radius 2 is 2.17 bits per heavy atom. The molecule has 0 fully saturated rings.